The molecule has 0 aromatic heterocycles. The molecule has 0 aliphatic carbocycles. The first-order chi connectivity index (χ1) is 10.6. The highest BCUT2D eigenvalue weighted by Gasteiger charge is 2.48. The molecule has 3 nitrogen and oxygen atoms in total. The van der Waals surface area contributed by atoms with Gasteiger partial charge in [0.1, 0.15) is 0 Å². The molecule has 2 unspecified atom stereocenters. The molecular formula is C16H17F3O3S. The molecule has 0 radical (unpaired) electrons. The molecule has 0 N–H and O–H groups in total. The number of carbonyl (C=O) groups excluding carboxylic acids is 1. The molecule has 2 aliphatic rings. The van der Waals surface area contributed by atoms with Gasteiger partial charge in [0, 0.05) is 11.5 Å². The zero-order valence-electron chi connectivity index (χ0n) is 12.6. The number of fused-ring (bicyclic) bond motifs is 2. The Kier molecular flexibility index (Phi) is 3.82. The van der Waals surface area contributed by atoms with E-state index in [0.29, 0.717) is 12.8 Å². The summed E-state index contributed by atoms with van der Waals surface area (Å²) in [6.45, 7) is 1.35. The van der Waals surface area contributed by atoms with Crippen LogP contribution in [-0.2, 0) is 16.0 Å². The molecule has 3 rings (SSSR count). The van der Waals surface area contributed by atoms with Crippen LogP contribution >= 0.6 is 0 Å². The number of carbonyl (C=O) groups is 1. The quantitative estimate of drug-likeness (QED) is 0.770. The summed E-state index contributed by atoms with van der Waals surface area (Å²) in [5, 5.41) is -1.02. The van der Waals surface area contributed by atoms with Gasteiger partial charge in [-0.05, 0) is 44.2 Å². The number of ketones is 1. The van der Waals surface area contributed by atoms with E-state index >= 15 is 0 Å². The number of Topliss-reactive ketones (excluding diaryl/α,β-unsaturated/α-hetero) is 1. The minimum atomic E-state index is -4.50. The number of aryl methyl sites for hydroxylation is 1. The van der Waals surface area contributed by atoms with Gasteiger partial charge in [-0.1, -0.05) is 12.1 Å². The van der Waals surface area contributed by atoms with Crippen molar-refractivity contribution in [3.8, 4) is 0 Å². The van der Waals surface area contributed by atoms with Gasteiger partial charge in [-0.25, -0.2) is 8.42 Å². The summed E-state index contributed by atoms with van der Waals surface area (Å²) in [5.74, 6) is -0.873. The Morgan fingerprint density at radius 3 is 2.22 bits per heavy atom. The van der Waals surface area contributed by atoms with Crippen LogP contribution in [0.3, 0.4) is 0 Å². The molecule has 2 aliphatic heterocycles. The fraction of sp³-hybridized carbons (Fsp3) is 0.562. The van der Waals surface area contributed by atoms with Crippen molar-refractivity contribution in [3.05, 3.63) is 34.9 Å². The summed E-state index contributed by atoms with van der Waals surface area (Å²) in [4.78, 5) is 12.6. The van der Waals surface area contributed by atoms with Gasteiger partial charge in [0.2, 0.25) is 0 Å². The van der Waals surface area contributed by atoms with Gasteiger partial charge in [0.15, 0.2) is 15.6 Å². The predicted molar refractivity (Wildman–Crippen MR) is 79.0 cm³/mol. The van der Waals surface area contributed by atoms with E-state index in [0.717, 1.165) is 6.07 Å². The second kappa shape index (κ2) is 5.33. The van der Waals surface area contributed by atoms with Crippen molar-refractivity contribution in [1.29, 1.82) is 0 Å². The largest absolute Gasteiger partial charge is 0.416 e. The monoisotopic (exact) mass is 346 g/mol. The predicted octanol–water partition coefficient (Wildman–Crippen LogP) is 3.55. The number of rotatable bonds is 2. The molecule has 2 fully saturated rings. The maximum atomic E-state index is 13.0. The van der Waals surface area contributed by atoms with Crippen molar-refractivity contribution >= 4 is 15.6 Å². The lowest BCUT2D eigenvalue weighted by Gasteiger charge is -2.27. The van der Waals surface area contributed by atoms with E-state index in [1.54, 1.807) is 0 Å². The van der Waals surface area contributed by atoms with Gasteiger partial charge in [0.25, 0.3) is 0 Å². The summed E-state index contributed by atoms with van der Waals surface area (Å²) < 4.78 is 63.0. The normalized spacial score (nSPS) is 29.5. The number of hydrogen-bond donors (Lipinski definition) is 0. The van der Waals surface area contributed by atoms with Gasteiger partial charge < -0.3 is 0 Å². The zero-order valence-corrected chi connectivity index (χ0v) is 13.4. The van der Waals surface area contributed by atoms with E-state index in [9.17, 15) is 26.4 Å². The van der Waals surface area contributed by atoms with E-state index in [2.05, 4.69) is 0 Å². The average Bonchev–Trinajstić information content (AvgIpc) is 2.66. The Labute approximate surface area is 132 Å². The highest BCUT2D eigenvalue weighted by molar-refractivity contribution is 7.93. The molecule has 2 saturated heterocycles. The lowest BCUT2D eigenvalue weighted by atomic mass is 9.89. The SMILES string of the molecule is Cc1ccc(C(=O)C2CC3CCC(C2)S3(=O)=O)cc1C(F)(F)F. The van der Waals surface area contributed by atoms with Crippen LogP contribution in [0.25, 0.3) is 0 Å². The summed E-state index contributed by atoms with van der Waals surface area (Å²) in [7, 11) is -3.15. The van der Waals surface area contributed by atoms with Crippen molar-refractivity contribution in [2.45, 2.75) is 49.3 Å². The smallest absolute Gasteiger partial charge is 0.294 e. The van der Waals surface area contributed by atoms with Crippen LogP contribution in [0.1, 0.15) is 47.2 Å². The summed E-state index contributed by atoms with van der Waals surface area (Å²) in [6, 6.07) is 3.59. The first kappa shape index (κ1) is 16.5. The number of hydrogen-bond acceptors (Lipinski definition) is 3. The first-order valence-electron chi connectivity index (χ1n) is 7.55. The molecule has 1 aromatic rings. The topological polar surface area (TPSA) is 51.2 Å². The lowest BCUT2D eigenvalue weighted by molar-refractivity contribution is -0.138. The van der Waals surface area contributed by atoms with Crippen LogP contribution < -0.4 is 0 Å². The van der Waals surface area contributed by atoms with Crippen LogP contribution in [-0.4, -0.2) is 24.7 Å². The molecular weight excluding hydrogens is 329 g/mol. The van der Waals surface area contributed by atoms with Crippen molar-refractivity contribution in [2.75, 3.05) is 0 Å². The third kappa shape index (κ3) is 2.79. The van der Waals surface area contributed by atoms with Gasteiger partial charge in [0.05, 0.1) is 16.1 Å². The Bertz CT molecular complexity index is 732. The maximum Gasteiger partial charge on any atom is 0.416 e. The van der Waals surface area contributed by atoms with Crippen LogP contribution in [0.4, 0.5) is 13.2 Å². The highest BCUT2D eigenvalue weighted by Crippen LogP contribution is 2.42. The van der Waals surface area contributed by atoms with Gasteiger partial charge in [-0.3, -0.25) is 4.79 Å². The molecule has 7 heteroatoms. The molecule has 0 amide bonds. The number of halogens is 3. The van der Waals surface area contributed by atoms with E-state index in [4.69, 9.17) is 0 Å². The number of benzene rings is 1. The summed E-state index contributed by atoms with van der Waals surface area (Å²) >= 11 is 0. The molecule has 126 valence electrons. The Morgan fingerprint density at radius 1 is 1.13 bits per heavy atom. The van der Waals surface area contributed by atoms with Crippen molar-refractivity contribution < 1.29 is 26.4 Å². The van der Waals surface area contributed by atoms with E-state index < -0.39 is 38.0 Å². The molecule has 0 spiro atoms. The van der Waals surface area contributed by atoms with E-state index in [1.807, 2.05) is 0 Å². The Morgan fingerprint density at radius 2 is 1.70 bits per heavy atom. The van der Waals surface area contributed by atoms with Crippen LogP contribution in [0.5, 0.6) is 0 Å². The second-order valence-electron chi connectivity index (χ2n) is 6.47. The fourth-order valence-corrected chi connectivity index (χ4v) is 6.21. The minimum Gasteiger partial charge on any atom is -0.294 e. The summed E-state index contributed by atoms with van der Waals surface area (Å²) in [6.07, 6.45) is -2.94. The first-order valence-corrected chi connectivity index (χ1v) is 9.16. The molecule has 1 aromatic carbocycles. The van der Waals surface area contributed by atoms with Crippen molar-refractivity contribution in [3.63, 3.8) is 0 Å². The second-order valence-corrected chi connectivity index (χ2v) is 8.98. The van der Waals surface area contributed by atoms with Crippen LogP contribution in [0.15, 0.2) is 18.2 Å². The Hall–Kier alpha value is -1.37. The molecule has 23 heavy (non-hydrogen) atoms. The van der Waals surface area contributed by atoms with Gasteiger partial charge >= 0.3 is 6.18 Å². The highest BCUT2D eigenvalue weighted by atomic mass is 32.2. The van der Waals surface area contributed by atoms with Crippen LogP contribution in [0.2, 0.25) is 0 Å². The average molecular weight is 346 g/mol. The van der Waals surface area contributed by atoms with Crippen molar-refractivity contribution in [2.24, 2.45) is 5.92 Å². The third-order valence-electron chi connectivity index (χ3n) is 5.03. The maximum absolute atomic E-state index is 13.0. The third-order valence-corrected chi connectivity index (χ3v) is 7.75. The van der Waals surface area contributed by atoms with E-state index in [1.165, 1.54) is 19.1 Å². The van der Waals surface area contributed by atoms with E-state index in [-0.39, 0.29) is 29.8 Å². The minimum absolute atomic E-state index is 0.0200. The Balaban J connectivity index is 1.88. The van der Waals surface area contributed by atoms with Crippen LogP contribution in [0, 0.1) is 12.8 Å². The van der Waals surface area contributed by atoms with Crippen molar-refractivity contribution in [1.82, 2.24) is 0 Å². The molecule has 2 bridgehead atoms. The fourth-order valence-electron chi connectivity index (χ4n) is 3.74. The lowest BCUT2D eigenvalue weighted by Crippen LogP contribution is -2.36. The number of alkyl halides is 3. The number of sulfone groups is 1. The van der Waals surface area contributed by atoms with Gasteiger partial charge in [-0.2, -0.15) is 13.2 Å². The summed E-state index contributed by atoms with van der Waals surface area (Å²) in [5.41, 5.74) is -0.721. The molecule has 0 saturated carbocycles. The standard InChI is InChI=1S/C16H17F3O3S/c1-9-2-3-10(8-14(9)16(17,18)19)15(20)11-6-12-4-5-13(7-11)23(12,21)22/h2-3,8,11-13H,4-7H2,1H3. The molecule has 2 atom stereocenters. The molecule has 2 heterocycles. The zero-order chi connectivity index (χ0) is 17.0. The van der Waals surface area contributed by atoms with Gasteiger partial charge in [-0.15, -0.1) is 0 Å².